The fraction of sp³-hybridized carbons (Fsp3) is 0.120. The van der Waals surface area contributed by atoms with Gasteiger partial charge in [-0.2, -0.15) is 12.7 Å². The normalized spacial score (nSPS) is 12.2. The van der Waals surface area contributed by atoms with Crippen molar-refractivity contribution < 1.29 is 26.8 Å². The molecule has 0 aliphatic rings. The number of nitrogens with zero attached hydrogens (tertiary/aromatic N) is 2. The summed E-state index contributed by atoms with van der Waals surface area (Å²) < 4.78 is 47.3. The Labute approximate surface area is 207 Å². The van der Waals surface area contributed by atoms with Crippen molar-refractivity contribution >= 4 is 39.0 Å². The third-order valence-corrected chi connectivity index (χ3v) is 7.06. The SMILES string of the molecule is CN(C)S(=O)(=O)n1cc(/C=C(\NC(=O)c2ccccc2F)C(=O)NCc2ccco2)c2ccccc21. The average molecular weight is 511 g/mol. The van der Waals surface area contributed by atoms with Crippen LogP contribution in [0.15, 0.2) is 83.2 Å². The molecule has 9 nitrogen and oxygen atoms in total. The van der Waals surface area contributed by atoms with E-state index in [0.29, 0.717) is 22.2 Å². The first-order valence-electron chi connectivity index (χ1n) is 10.8. The number of halogens is 1. The molecule has 4 aromatic rings. The fourth-order valence-corrected chi connectivity index (χ4v) is 4.49. The number of furan rings is 1. The molecule has 186 valence electrons. The topological polar surface area (TPSA) is 114 Å². The molecular formula is C25H23FN4O5S. The van der Waals surface area contributed by atoms with Gasteiger partial charge in [0.05, 0.1) is 23.9 Å². The molecule has 2 aromatic heterocycles. The van der Waals surface area contributed by atoms with Crippen LogP contribution >= 0.6 is 0 Å². The molecular weight excluding hydrogens is 487 g/mol. The molecule has 0 spiro atoms. The first-order chi connectivity index (χ1) is 17.2. The van der Waals surface area contributed by atoms with Gasteiger partial charge in [-0.15, -0.1) is 0 Å². The number of rotatable bonds is 8. The predicted octanol–water partition coefficient (Wildman–Crippen LogP) is 3.12. The lowest BCUT2D eigenvalue weighted by Crippen LogP contribution is -2.34. The summed E-state index contributed by atoms with van der Waals surface area (Å²) in [7, 11) is -1.07. The Morgan fingerprint density at radius 2 is 1.78 bits per heavy atom. The van der Waals surface area contributed by atoms with Crippen LogP contribution in [0.1, 0.15) is 21.7 Å². The largest absolute Gasteiger partial charge is 0.467 e. The minimum absolute atomic E-state index is 0.0372. The second-order valence-corrected chi connectivity index (χ2v) is 9.96. The van der Waals surface area contributed by atoms with E-state index >= 15 is 0 Å². The zero-order chi connectivity index (χ0) is 25.9. The van der Waals surface area contributed by atoms with Gasteiger partial charge in [0, 0.05) is 31.2 Å². The van der Waals surface area contributed by atoms with E-state index in [1.807, 2.05) is 0 Å². The Kier molecular flexibility index (Phi) is 7.04. The number of para-hydroxylation sites is 1. The Morgan fingerprint density at radius 3 is 2.47 bits per heavy atom. The van der Waals surface area contributed by atoms with Crippen LogP contribution < -0.4 is 10.6 Å². The van der Waals surface area contributed by atoms with Crippen molar-refractivity contribution in [2.75, 3.05) is 14.1 Å². The number of nitrogens with one attached hydrogen (secondary N) is 2. The summed E-state index contributed by atoms with van der Waals surface area (Å²) in [5.41, 5.74) is 0.279. The number of hydrogen-bond acceptors (Lipinski definition) is 5. The third-order valence-electron chi connectivity index (χ3n) is 5.33. The average Bonchev–Trinajstić information content (AvgIpc) is 3.51. The zero-order valence-electron chi connectivity index (χ0n) is 19.4. The monoisotopic (exact) mass is 510 g/mol. The van der Waals surface area contributed by atoms with Crippen LogP contribution in [0.4, 0.5) is 4.39 Å². The van der Waals surface area contributed by atoms with Crippen LogP contribution in [0.3, 0.4) is 0 Å². The molecule has 0 unspecified atom stereocenters. The van der Waals surface area contributed by atoms with Gasteiger partial charge in [-0.05, 0) is 36.4 Å². The molecule has 2 heterocycles. The van der Waals surface area contributed by atoms with Crippen LogP contribution in [0.2, 0.25) is 0 Å². The van der Waals surface area contributed by atoms with Crippen LogP contribution in [-0.4, -0.2) is 42.6 Å². The maximum Gasteiger partial charge on any atom is 0.307 e. The quantitative estimate of drug-likeness (QED) is 0.354. The van der Waals surface area contributed by atoms with Crippen molar-refractivity contribution in [3.8, 4) is 0 Å². The van der Waals surface area contributed by atoms with Crippen molar-refractivity contribution in [1.82, 2.24) is 18.9 Å². The van der Waals surface area contributed by atoms with Gasteiger partial charge in [-0.3, -0.25) is 9.59 Å². The van der Waals surface area contributed by atoms with E-state index in [2.05, 4.69) is 10.6 Å². The number of amides is 2. The first kappa shape index (κ1) is 24.9. The van der Waals surface area contributed by atoms with Crippen LogP contribution in [0, 0.1) is 5.82 Å². The van der Waals surface area contributed by atoms with Gasteiger partial charge >= 0.3 is 10.2 Å². The second-order valence-electron chi connectivity index (χ2n) is 7.94. The van der Waals surface area contributed by atoms with Gasteiger partial charge in [-0.25, -0.2) is 8.36 Å². The van der Waals surface area contributed by atoms with Gasteiger partial charge in [-0.1, -0.05) is 30.3 Å². The highest BCUT2D eigenvalue weighted by Crippen LogP contribution is 2.25. The summed E-state index contributed by atoms with van der Waals surface area (Å²) in [6.07, 6.45) is 4.16. The summed E-state index contributed by atoms with van der Waals surface area (Å²) in [6.45, 7) is 0.0372. The molecule has 2 N–H and O–H groups in total. The van der Waals surface area contributed by atoms with Crippen LogP contribution in [0.25, 0.3) is 17.0 Å². The number of hydrogen-bond donors (Lipinski definition) is 2. The van der Waals surface area contributed by atoms with E-state index in [0.717, 1.165) is 14.3 Å². The lowest BCUT2D eigenvalue weighted by Gasteiger charge is -2.13. The van der Waals surface area contributed by atoms with Crippen molar-refractivity contribution in [3.05, 3.63) is 102 Å². The molecule has 0 aliphatic heterocycles. The molecule has 0 saturated carbocycles. The highest BCUT2D eigenvalue weighted by Gasteiger charge is 2.22. The molecule has 2 aromatic carbocycles. The van der Waals surface area contributed by atoms with Crippen molar-refractivity contribution in [2.24, 2.45) is 0 Å². The third kappa shape index (κ3) is 5.07. The Balaban J connectivity index is 1.77. The molecule has 11 heteroatoms. The maximum atomic E-state index is 14.2. The summed E-state index contributed by atoms with van der Waals surface area (Å²) in [5, 5.41) is 5.62. The fourth-order valence-electron chi connectivity index (χ4n) is 3.48. The predicted molar refractivity (Wildman–Crippen MR) is 132 cm³/mol. The van der Waals surface area contributed by atoms with E-state index in [4.69, 9.17) is 4.42 Å². The van der Waals surface area contributed by atoms with E-state index < -0.39 is 27.8 Å². The molecule has 0 atom stereocenters. The van der Waals surface area contributed by atoms with Gasteiger partial charge in [0.15, 0.2) is 0 Å². The van der Waals surface area contributed by atoms with Crippen molar-refractivity contribution in [3.63, 3.8) is 0 Å². The van der Waals surface area contributed by atoms with E-state index in [9.17, 15) is 22.4 Å². The van der Waals surface area contributed by atoms with E-state index in [-0.39, 0.29) is 17.8 Å². The smallest absolute Gasteiger partial charge is 0.307 e. The molecule has 2 amide bonds. The van der Waals surface area contributed by atoms with Gasteiger partial charge < -0.3 is 15.1 Å². The maximum absolute atomic E-state index is 14.2. The van der Waals surface area contributed by atoms with Gasteiger partial charge in [0.1, 0.15) is 17.3 Å². The molecule has 0 radical (unpaired) electrons. The van der Waals surface area contributed by atoms with E-state index in [1.54, 1.807) is 36.4 Å². The number of aromatic nitrogens is 1. The molecule has 0 bridgehead atoms. The Bertz CT molecular complexity index is 1560. The summed E-state index contributed by atoms with van der Waals surface area (Å²) in [6, 6.07) is 15.4. The van der Waals surface area contributed by atoms with Crippen molar-refractivity contribution in [1.29, 1.82) is 0 Å². The van der Waals surface area contributed by atoms with Crippen LogP contribution in [0.5, 0.6) is 0 Å². The van der Waals surface area contributed by atoms with Gasteiger partial charge in [0.25, 0.3) is 11.8 Å². The molecule has 36 heavy (non-hydrogen) atoms. The number of benzene rings is 2. The Morgan fingerprint density at radius 1 is 1.06 bits per heavy atom. The molecule has 0 saturated heterocycles. The standard InChI is InChI=1S/C25H23FN4O5S/c1-29(2)36(33,34)30-16-17(19-9-4-6-12-23(19)30)14-22(25(32)27-15-18-8-7-13-35-18)28-24(31)20-10-3-5-11-21(20)26/h3-14,16H,15H2,1-2H3,(H,27,32)(H,28,31)/b22-14-. The lowest BCUT2D eigenvalue weighted by molar-refractivity contribution is -0.118. The lowest BCUT2D eigenvalue weighted by atomic mass is 10.1. The highest BCUT2D eigenvalue weighted by molar-refractivity contribution is 7.87. The van der Waals surface area contributed by atoms with Crippen molar-refractivity contribution in [2.45, 2.75) is 6.54 Å². The molecule has 0 fully saturated rings. The zero-order valence-corrected chi connectivity index (χ0v) is 20.3. The Hall–Kier alpha value is -4.22. The van der Waals surface area contributed by atoms with Gasteiger partial charge in [0.2, 0.25) is 0 Å². The summed E-state index contributed by atoms with van der Waals surface area (Å²) >= 11 is 0. The molecule has 0 aliphatic carbocycles. The first-order valence-corrected chi connectivity index (χ1v) is 12.2. The minimum atomic E-state index is -3.88. The summed E-state index contributed by atoms with van der Waals surface area (Å²) in [5.74, 6) is -1.78. The highest BCUT2D eigenvalue weighted by atomic mass is 32.2. The minimum Gasteiger partial charge on any atom is -0.467 e. The second kappa shape index (κ2) is 10.2. The summed E-state index contributed by atoms with van der Waals surface area (Å²) in [4.78, 5) is 25.9. The number of carbonyl (C=O) groups is 2. The van der Waals surface area contributed by atoms with E-state index in [1.165, 1.54) is 50.8 Å². The number of carbonyl (C=O) groups excluding carboxylic acids is 2. The number of fused-ring (bicyclic) bond motifs is 1. The van der Waals surface area contributed by atoms with Crippen LogP contribution in [-0.2, 0) is 21.5 Å². The molecule has 4 rings (SSSR count).